The molecule has 6 fully saturated rings. The average molecular weight is 715 g/mol. The first-order chi connectivity index (χ1) is 25.0. The van der Waals surface area contributed by atoms with Crippen LogP contribution in [0.4, 0.5) is 4.79 Å². The molecule has 0 aromatic heterocycles. The number of fused-ring (bicyclic) bond motifs is 3. The van der Waals surface area contributed by atoms with Crippen molar-refractivity contribution >= 4 is 17.9 Å². The third kappa shape index (κ3) is 6.52. The predicted octanol–water partition coefficient (Wildman–Crippen LogP) is 5.66. The van der Waals surface area contributed by atoms with E-state index in [1.165, 1.54) is 11.1 Å². The van der Waals surface area contributed by atoms with Crippen LogP contribution in [0, 0.1) is 29.1 Å². The number of alkyl carbamates (subject to hydrolysis) is 1. The Kier molecular flexibility index (Phi) is 9.37. The predicted molar refractivity (Wildman–Crippen MR) is 193 cm³/mol. The van der Waals surface area contributed by atoms with Gasteiger partial charge in [0.05, 0.1) is 11.0 Å². The Labute approximate surface area is 306 Å². The maximum Gasteiger partial charge on any atom is 0.407 e. The average Bonchev–Trinajstić information content (AvgIpc) is 3.66. The van der Waals surface area contributed by atoms with Crippen LogP contribution in [0.1, 0.15) is 102 Å². The molecule has 5 N–H and O–H groups in total. The van der Waals surface area contributed by atoms with Gasteiger partial charge in [-0.2, -0.15) is 9.78 Å². The van der Waals surface area contributed by atoms with Gasteiger partial charge in [0, 0.05) is 50.1 Å². The second kappa shape index (κ2) is 13.7. The van der Waals surface area contributed by atoms with E-state index in [0.717, 1.165) is 62.5 Å². The van der Waals surface area contributed by atoms with E-state index in [4.69, 9.17) is 25.0 Å². The molecule has 5 saturated carbocycles. The lowest BCUT2D eigenvalue weighted by atomic mass is 9.47. The molecule has 3 amide bonds. The fraction of sp³-hybridized carbons (Fsp3) is 0.634. The molecule has 1 aliphatic heterocycles. The van der Waals surface area contributed by atoms with Crippen molar-refractivity contribution in [2.75, 3.05) is 26.2 Å². The van der Waals surface area contributed by atoms with E-state index in [2.05, 4.69) is 40.2 Å². The summed E-state index contributed by atoms with van der Waals surface area (Å²) in [6.07, 6.45) is 8.07. The highest BCUT2D eigenvalue weighted by molar-refractivity contribution is 5.83. The van der Waals surface area contributed by atoms with Crippen molar-refractivity contribution in [2.45, 2.75) is 108 Å². The smallest absolute Gasteiger partial charge is 0.407 e. The van der Waals surface area contributed by atoms with Crippen LogP contribution in [0.2, 0.25) is 0 Å². The Morgan fingerprint density at radius 3 is 2.21 bits per heavy atom. The van der Waals surface area contributed by atoms with E-state index in [-0.39, 0.29) is 54.1 Å². The zero-order chi connectivity index (χ0) is 36.1. The van der Waals surface area contributed by atoms with Crippen LogP contribution in [0.3, 0.4) is 0 Å². The molecule has 2 aromatic carbocycles. The largest absolute Gasteiger partial charge is 0.449 e. The maximum atomic E-state index is 13.4. The highest BCUT2D eigenvalue weighted by Gasteiger charge is 2.71. The molecule has 0 radical (unpaired) electrons. The summed E-state index contributed by atoms with van der Waals surface area (Å²) in [5.41, 5.74) is 9.30. The van der Waals surface area contributed by atoms with Gasteiger partial charge in [0.1, 0.15) is 6.61 Å². The minimum absolute atomic E-state index is 0.0162. The molecule has 4 bridgehead atoms. The van der Waals surface area contributed by atoms with Gasteiger partial charge in [0.2, 0.25) is 23.4 Å². The summed E-state index contributed by atoms with van der Waals surface area (Å²) in [6.45, 7) is 5.47. The van der Waals surface area contributed by atoms with E-state index in [1.54, 1.807) is 0 Å². The summed E-state index contributed by atoms with van der Waals surface area (Å²) in [4.78, 5) is 51.7. The Bertz CT molecular complexity index is 1620. The van der Waals surface area contributed by atoms with Crippen molar-refractivity contribution in [1.29, 1.82) is 0 Å². The van der Waals surface area contributed by atoms with Crippen LogP contribution < -0.4 is 21.7 Å². The summed E-state index contributed by atoms with van der Waals surface area (Å²) >= 11 is 0. The second-order valence-corrected chi connectivity index (χ2v) is 17.2. The van der Waals surface area contributed by atoms with Crippen LogP contribution in [-0.2, 0) is 28.8 Å². The summed E-state index contributed by atoms with van der Waals surface area (Å²) in [5, 5.41) is 9.13. The topological polar surface area (TPSA) is 150 Å². The quantitative estimate of drug-likeness (QED) is 0.172. The maximum absolute atomic E-state index is 13.4. The standard InChI is InChI=1S/C41H54N4O7/c1-38(2,45-37(48)49-24-34-32-10-5-3-8-30(32)31-9-4-6-11-33(31)34)25-44-35(46)20-26-12-14-40(15-13-26)50-41(52-51-40)28-18-27-19-29(41)23-39(21-27,22-28)36(47)43-17-7-16-42/h3-6,8-11,26-29,34H,7,12-25,42H2,1-2H3,(H,43,47)(H,44,46)(H,45,48)/t26?,27?,28-,29+,39?,40?,41?. The molecule has 52 heavy (non-hydrogen) atoms. The lowest BCUT2D eigenvalue weighted by Gasteiger charge is -2.61. The summed E-state index contributed by atoms with van der Waals surface area (Å²) in [7, 11) is 0. The van der Waals surface area contributed by atoms with Gasteiger partial charge in [0.25, 0.3) is 0 Å². The lowest BCUT2D eigenvalue weighted by Crippen LogP contribution is -2.65. The van der Waals surface area contributed by atoms with Gasteiger partial charge in [-0.15, -0.1) is 0 Å². The Morgan fingerprint density at radius 2 is 1.56 bits per heavy atom. The van der Waals surface area contributed by atoms with Crippen LogP contribution >= 0.6 is 0 Å². The molecular weight excluding hydrogens is 660 g/mol. The molecule has 7 aliphatic rings. The number of nitrogens with one attached hydrogen (secondary N) is 3. The molecule has 9 rings (SSSR count). The van der Waals surface area contributed by atoms with Crippen molar-refractivity contribution in [2.24, 2.45) is 34.8 Å². The van der Waals surface area contributed by atoms with Gasteiger partial charge in [-0.05, 0) is 106 Å². The fourth-order valence-electron chi connectivity index (χ4n) is 10.6. The SMILES string of the molecule is CC(C)(CNC(=O)CC1CCC2(CC1)OOC1(O2)[C@@H]2CC3C[C@H]1CC(C(=O)NCCCN)(C3)C2)NC(=O)OCC1c2ccccc2-c2ccccc21. The first kappa shape index (κ1) is 35.5. The molecule has 1 heterocycles. The number of rotatable bonds is 11. The van der Waals surface area contributed by atoms with Gasteiger partial charge >= 0.3 is 6.09 Å². The summed E-state index contributed by atoms with van der Waals surface area (Å²) < 4.78 is 12.6. The summed E-state index contributed by atoms with van der Waals surface area (Å²) in [5.74, 6) is -0.495. The molecule has 11 heteroatoms. The third-order valence-electron chi connectivity index (χ3n) is 13.0. The Morgan fingerprint density at radius 1 is 0.904 bits per heavy atom. The zero-order valence-corrected chi connectivity index (χ0v) is 30.5. The van der Waals surface area contributed by atoms with Crippen LogP contribution in [-0.4, -0.2) is 61.3 Å². The molecule has 5 atom stereocenters. The van der Waals surface area contributed by atoms with Crippen molar-refractivity contribution in [3.05, 3.63) is 59.7 Å². The molecule has 2 spiro atoms. The Balaban J connectivity index is 0.784. The molecule has 11 nitrogen and oxygen atoms in total. The van der Waals surface area contributed by atoms with E-state index in [0.29, 0.717) is 38.3 Å². The van der Waals surface area contributed by atoms with E-state index < -0.39 is 23.2 Å². The van der Waals surface area contributed by atoms with E-state index in [1.807, 2.05) is 38.1 Å². The van der Waals surface area contributed by atoms with Gasteiger partial charge in [-0.1, -0.05) is 48.5 Å². The molecule has 2 aromatic rings. The van der Waals surface area contributed by atoms with Crippen LogP contribution in [0.5, 0.6) is 0 Å². The minimum Gasteiger partial charge on any atom is -0.449 e. The number of carbonyl (C=O) groups is 3. The van der Waals surface area contributed by atoms with Crippen LogP contribution in [0.25, 0.3) is 11.1 Å². The van der Waals surface area contributed by atoms with Crippen molar-refractivity contribution in [3.63, 3.8) is 0 Å². The second-order valence-electron chi connectivity index (χ2n) is 17.2. The molecule has 280 valence electrons. The number of hydrogen-bond acceptors (Lipinski definition) is 8. The number of nitrogens with two attached hydrogens (primary N) is 1. The van der Waals surface area contributed by atoms with Gasteiger partial charge in [-0.25, -0.2) is 4.79 Å². The zero-order valence-electron chi connectivity index (χ0n) is 30.5. The van der Waals surface area contributed by atoms with Crippen molar-refractivity contribution < 1.29 is 33.6 Å². The van der Waals surface area contributed by atoms with Gasteiger partial charge in [0.15, 0.2) is 0 Å². The monoisotopic (exact) mass is 714 g/mol. The lowest BCUT2D eigenvalue weighted by molar-refractivity contribution is -0.393. The highest BCUT2D eigenvalue weighted by atomic mass is 17.3. The van der Waals surface area contributed by atoms with Crippen molar-refractivity contribution in [3.8, 4) is 11.1 Å². The van der Waals surface area contributed by atoms with E-state index in [9.17, 15) is 14.4 Å². The molecule has 6 aliphatic carbocycles. The molecular formula is C41H54N4O7. The molecule has 3 unspecified atom stereocenters. The highest BCUT2D eigenvalue weighted by Crippen LogP contribution is 2.67. The van der Waals surface area contributed by atoms with Gasteiger partial charge in [-0.3, -0.25) is 9.59 Å². The number of carbonyl (C=O) groups excluding carboxylic acids is 3. The van der Waals surface area contributed by atoms with Gasteiger partial charge < -0.3 is 31.2 Å². The van der Waals surface area contributed by atoms with E-state index >= 15 is 0 Å². The first-order valence-corrected chi connectivity index (χ1v) is 19.5. The van der Waals surface area contributed by atoms with Crippen molar-refractivity contribution in [1.82, 2.24) is 16.0 Å². The normalized spacial score (nSPS) is 32.8. The third-order valence-corrected chi connectivity index (χ3v) is 13.0. The minimum atomic E-state index is -0.798. The number of hydrogen-bond donors (Lipinski definition) is 4. The number of benzene rings is 2. The number of amides is 3. The Hall–Kier alpha value is -3.51. The van der Waals surface area contributed by atoms with Crippen LogP contribution in [0.15, 0.2) is 48.5 Å². The molecule has 1 saturated heterocycles. The summed E-state index contributed by atoms with van der Waals surface area (Å²) in [6, 6.07) is 16.5. The fourth-order valence-corrected chi connectivity index (χ4v) is 10.6. The number of ether oxygens (including phenoxy) is 2. The first-order valence-electron chi connectivity index (χ1n) is 19.5.